The van der Waals surface area contributed by atoms with Gasteiger partial charge in [0, 0.05) is 23.8 Å². The van der Waals surface area contributed by atoms with Crippen LogP contribution < -0.4 is 5.32 Å². The zero-order chi connectivity index (χ0) is 14.5. The summed E-state index contributed by atoms with van der Waals surface area (Å²) in [5.74, 6) is 1.02. The molecule has 1 aliphatic rings. The van der Waals surface area contributed by atoms with E-state index in [0.29, 0.717) is 6.10 Å². The van der Waals surface area contributed by atoms with Crippen molar-refractivity contribution in [1.29, 1.82) is 0 Å². The van der Waals surface area contributed by atoms with Crippen LogP contribution in [0.15, 0.2) is 9.85 Å². The normalized spacial score (nSPS) is 18.2. The van der Waals surface area contributed by atoms with Crippen LogP contribution in [0.3, 0.4) is 0 Å². The number of nitrogens with zero attached hydrogens (tertiary/aromatic N) is 3. The molecule has 2 aromatic heterocycles. The molecule has 0 radical (unpaired) electrons. The van der Waals surface area contributed by atoms with Crippen molar-refractivity contribution >= 4 is 39.6 Å². The van der Waals surface area contributed by atoms with E-state index in [0.717, 1.165) is 46.9 Å². The molecular weight excluding hydrogens is 324 g/mol. The van der Waals surface area contributed by atoms with E-state index < -0.39 is 0 Å². The summed E-state index contributed by atoms with van der Waals surface area (Å²) in [7, 11) is 0. The second-order valence-corrected chi connectivity index (χ2v) is 8.11. The first-order chi connectivity index (χ1) is 10.3. The van der Waals surface area contributed by atoms with Crippen molar-refractivity contribution in [3.63, 3.8) is 0 Å². The van der Waals surface area contributed by atoms with E-state index in [-0.39, 0.29) is 0 Å². The average Bonchev–Trinajstić information content (AvgIpc) is 3.20. The summed E-state index contributed by atoms with van der Waals surface area (Å²) in [6.07, 6.45) is 3.68. The van der Waals surface area contributed by atoms with Crippen molar-refractivity contribution in [2.45, 2.75) is 36.6 Å². The van der Waals surface area contributed by atoms with Crippen molar-refractivity contribution in [3.8, 4) is 0 Å². The van der Waals surface area contributed by atoms with Crippen LogP contribution in [-0.2, 0) is 11.2 Å². The van der Waals surface area contributed by atoms with E-state index in [1.807, 2.05) is 5.51 Å². The Bertz CT molecular complexity index is 565. The number of thiazole rings is 1. The standard InChI is InChI=1S/C13H18N4OS3/c1-9-11(20-8-15-9)4-6-19-13-17-16-12(21-13)14-7-10-3-2-5-18-10/h8,10H,2-7H2,1H3,(H,14,16)/t10-/m0/s1. The van der Waals surface area contributed by atoms with Gasteiger partial charge in [-0.15, -0.1) is 21.5 Å². The second kappa shape index (κ2) is 7.53. The van der Waals surface area contributed by atoms with Crippen LogP contribution in [0.1, 0.15) is 23.4 Å². The first-order valence-electron chi connectivity index (χ1n) is 7.02. The lowest BCUT2D eigenvalue weighted by Crippen LogP contribution is -2.18. The Hall–Kier alpha value is -0.700. The van der Waals surface area contributed by atoms with Crippen molar-refractivity contribution in [2.24, 2.45) is 0 Å². The Labute approximate surface area is 136 Å². The van der Waals surface area contributed by atoms with Gasteiger partial charge in [0.15, 0.2) is 4.34 Å². The van der Waals surface area contributed by atoms with E-state index in [1.54, 1.807) is 34.4 Å². The predicted molar refractivity (Wildman–Crippen MR) is 88.7 cm³/mol. The van der Waals surface area contributed by atoms with Gasteiger partial charge in [0.1, 0.15) is 0 Å². The number of aryl methyl sites for hydroxylation is 2. The smallest absolute Gasteiger partial charge is 0.206 e. The SMILES string of the molecule is Cc1ncsc1CCSc1nnc(NC[C@@H]2CCCO2)s1. The summed E-state index contributed by atoms with van der Waals surface area (Å²) in [5, 5.41) is 12.6. The first-order valence-corrected chi connectivity index (χ1v) is 9.70. The Kier molecular flexibility index (Phi) is 5.45. The van der Waals surface area contributed by atoms with Crippen LogP contribution in [0.4, 0.5) is 5.13 Å². The number of ether oxygens (including phenoxy) is 1. The molecule has 8 heteroatoms. The average molecular weight is 343 g/mol. The number of anilines is 1. The molecule has 5 nitrogen and oxygen atoms in total. The lowest BCUT2D eigenvalue weighted by molar-refractivity contribution is 0.120. The van der Waals surface area contributed by atoms with Crippen LogP contribution in [0.2, 0.25) is 0 Å². The van der Waals surface area contributed by atoms with Gasteiger partial charge in [0.25, 0.3) is 0 Å². The van der Waals surface area contributed by atoms with Gasteiger partial charge in [-0.1, -0.05) is 23.1 Å². The highest BCUT2D eigenvalue weighted by Crippen LogP contribution is 2.27. The maximum Gasteiger partial charge on any atom is 0.206 e. The summed E-state index contributed by atoms with van der Waals surface area (Å²) in [6, 6.07) is 0. The van der Waals surface area contributed by atoms with Gasteiger partial charge >= 0.3 is 0 Å². The van der Waals surface area contributed by atoms with E-state index in [4.69, 9.17) is 4.74 Å². The van der Waals surface area contributed by atoms with Gasteiger partial charge in [-0.3, -0.25) is 0 Å². The molecular formula is C13H18N4OS3. The number of hydrogen-bond acceptors (Lipinski definition) is 8. The highest BCUT2D eigenvalue weighted by molar-refractivity contribution is 8.01. The predicted octanol–water partition coefficient (Wildman–Crippen LogP) is 3.23. The molecule has 3 rings (SSSR count). The molecule has 0 bridgehead atoms. The maximum atomic E-state index is 5.58. The number of thioether (sulfide) groups is 1. The van der Waals surface area contributed by atoms with Gasteiger partial charge in [0.2, 0.25) is 5.13 Å². The van der Waals surface area contributed by atoms with Crippen molar-refractivity contribution in [1.82, 2.24) is 15.2 Å². The fourth-order valence-corrected chi connectivity index (χ4v) is 4.84. The summed E-state index contributed by atoms with van der Waals surface area (Å²) in [6.45, 7) is 3.79. The Morgan fingerprint density at radius 3 is 3.19 bits per heavy atom. The second-order valence-electron chi connectivity index (χ2n) is 4.85. The number of nitrogens with one attached hydrogen (secondary N) is 1. The first kappa shape index (κ1) is 15.2. The largest absolute Gasteiger partial charge is 0.376 e. The number of hydrogen-bond donors (Lipinski definition) is 1. The Balaban J connectivity index is 1.41. The highest BCUT2D eigenvalue weighted by Gasteiger charge is 2.15. The maximum absolute atomic E-state index is 5.58. The summed E-state index contributed by atoms with van der Waals surface area (Å²) >= 11 is 5.11. The molecule has 0 aliphatic carbocycles. The lowest BCUT2D eigenvalue weighted by atomic mass is 10.2. The lowest BCUT2D eigenvalue weighted by Gasteiger charge is -2.08. The number of rotatable bonds is 7. The molecule has 114 valence electrons. The van der Waals surface area contributed by atoms with E-state index in [9.17, 15) is 0 Å². The minimum atomic E-state index is 0.333. The molecule has 0 amide bonds. The summed E-state index contributed by atoms with van der Waals surface area (Å²) in [5.41, 5.74) is 3.06. The van der Waals surface area contributed by atoms with Gasteiger partial charge in [-0.2, -0.15) is 0 Å². The van der Waals surface area contributed by atoms with Crippen molar-refractivity contribution in [3.05, 3.63) is 16.1 Å². The minimum absolute atomic E-state index is 0.333. The highest BCUT2D eigenvalue weighted by atomic mass is 32.2. The van der Waals surface area contributed by atoms with Gasteiger partial charge < -0.3 is 10.1 Å². The van der Waals surface area contributed by atoms with Crippen LogP contribution in [0.25, 0.3) is 0 Å². The van der Waals surface area contributed by atoms with Gasteiger partial charge in [0.05, 0.1) is 17.3 Å². The molecule has 1 atom stereocenters. The van der Waals surface area contributed by atoms with Crippen molar-refractivity contribution < 1.29 is 4.74 Å². The topological polar surface area (TPSA) is 59.9 Å². The minimum Gasteiger partial charge on any atom is -0.376 e. The van der Waals surface area contributed by atoms with Gasteiger partial charge in [-0.05, 0) is 26.2 Å². The summed E-state index contributed by atoms with van der Waals surface area (Å²) < 4.78 is 6.60. The fraction of sp³-hybridized carbons (Fsp3) is 0.615. The van der Waals surface area contributed by atoms with E-state index >= 15 is 0 Å². The molecule has 1 N–H and O–H groups in total. The molecule has 1 saturated heterocycles. The quantitative estimate of drug-likeness (QED) is 0.780. The van der Waals surface area contributed by atoms with E-state index in [2.05, 4.69) is 27.4 Å². The molecule has 0 aromatic carbocycles. The molecule has 3 heterocycles. The molecule has 1 aliphatic heterocycles. The van der Waals surface area contributed by atoms with Crippen LogP contribution >= 0.6 is 34.4 Å². The summed E-state index contributed by atoms with van der Waals surface area (Å²) in [4.78, 5) is 5.64. The Morgan fingerprint density at radius 2 is 2.43 bits per heavy atom. The molecule has 1 fully saturated rings. The zero-order valence-corrected chi connectivity index (χ0v) is 14.3. The molecule has 21 heavy (non-hydrogen) atoms. The third-order valence-electron chi connectivity index (χ3n) is 3.31. The third-order valence-corrected chi connectivity index (χ3v) is 6.32. The zero-order valence-electron chi connectivity index (χ0n) is 11.9. The molecule has 0 saturated carbocycles. The van der Waals surface area contributed by atoms with Crippen LogP contribution in [-0.4, -0.2) is 40.2 Å². The monoisotopic (exact) mass is 342 g/mol. The molecule has 0 unspecified atom stereocenters. The molecule has 0 spiro atoms. The molecule has 2 aromatic rings. The Morgan fingerprint density at radius 1 is 1.48 bits per heavy atom. The third kappa shape index (κ3) is 4.38. The van der Waals surface area contributed by atoms with Crippen molar-refractivity contribution in [2.75, 3.05) is 24.2 Å². The fourth-order valence-electron chi connectivity index (χ4n) is 2.14. The van der Waals surface area contributed by atoms with Crippen LogP contribution in [0.5, 0.6) is 0 Å². The van der Waals surface area contributed by atoms with E-state index in [1.165, 1.54) is 11.3 Å². The van der Waals surface area contributed by atoms with Gasteiger partial charge in [-0.25, -0.2) is 4.98 Å². The number of aromatic nitrogens is 3. The van der Waals surface area contributed by atoms with Crippen LogP contribution in [0, 0.1) is 6.92 Å².